The number of hydrogen-bond donors (Lipinski definition) is 0. The summed E-state index contributed by atoms with van der Waals surface area (Å²) in [6.07, 6.45) is 2.69. The molecule has 0 radical (unpaired) electrons. The fourth-order valence-corrected chi connectivity index (χ4v) is 2.92. The second-order valence-electron chi connectivity index (χ2n) is 4.17. The summed E-state index contributed by atoms with van der Waals surface area (Å²) in [6.45, 7) is 4.09. The monoisotopic (exact) mass is 251 g/mol. The Morgan fingerprint density at radius 3 is 3.24 bits per heavy atom. The van der Waals surface area contributed by atoms with E-state index in [1.54, 1.807) is 17.4 Å². The molecule has 0 saturated heterocycles. The third kappa shape index (κ3) is 2.96. The number of nitrogens with zero attached hydrogens (tertiary/aromatic N) is 1. The summed E-state index contributed by atoms with van der Waals surface area (Å²) in [7, 11) is 2.08. The second kappa shape index (κ2) is 5.47. The molecule has 92 valence electrons. The minimum absolute atomic E-state index is 0.241. The van der Waals surface area contributed by atoms with Crippen LogP contribution in [0.1, 0.15) is 17.4 Å². The van der Waals surface area contributed by atoms with E-state index in [1.165, 1.54) is 10.4 Å². The van der Waals surface area contributed by atoms with Gasteiger partial charge >= 0.3 is 5.97 Å². The van der Waals surface area contributed by atoms with Crippen LogP contribution in [-0.4, -0.2) is 37.6 Å². The van der Waals surface area contributed by atoms with Crippen molar-refractivity contribution < 1.29 is 9.53 Å². The zero-order chi connectivity index (χ0) is 12.3. The molecule has 3 nitrogen and oxygen atoms in total. The van der Waals surface area contributed by atoms with Crippen LogP contribution in [0.15, 0.2) is 17.5 Å². The fraction of sp³-hybridized carbons (Fsp3) is 0.462. The lowest BCUT2D eigenvalue weighted by molar-refractivity contribution is -0.137. The van der Waals surface area contributed by atoms with Gasteiger partial charge in [-0.05, 0) is 43.0 Å². The third-order valence-corrected chi connectivity index (χ3v) is 3.81. The molecule has 0 unspecified atom stereocenters. The van der Waals surface area contributed by atoms with E-state index < -0.39 is 0 Å². The predicted molar refractivity (Wildman–Crippen MR) is 70.1 cm³/mol. The molecule has 0 atom stereocenters. The highest BCUT2D eigenvalue weighted by Crippen LogP contribution is 2.28. The Hall–Kier alpha value is -1.13. The van der Waals surface area contributed by atoms with E-state index in [0.717, 1.165) is 25.1 Å². The molecule has 1 aromatic rings. The van der Waals surface area contributed by atoms with Crippen molar-refractivity contribution in [3.05, 3.63) is 28.0 Å². The molecule has 0 aliphatic carbocycles. The Bertz CT molecular complexity index is 436. The molecule has 0 amide bonds. The predicted octanol–water partition coefficient (Wildman–Crippen LogP) is 2.18. The number of rotatable bonds is 2. The Balaban J connectivity index is 2.28. The Morgan fingerprint density at radius 2 is 2.47 bits per heavy atom. The molecule has 1 aliphatic rings. The summed E-state index contributed by atoms with van der Waals surface area (Å²) in [4.78, 5) is 15.1. The molecule has 0 bridgehead atoms. The molecular weight excluding hydrogens is 234 g/mol. The van der Waals surface area contributed by atoms with E-state index in [-0.39, 0.29) is 5.97 Å². The van der Waals surface area contributed by atoms with Gasteiger partial charge < -0.3 is 9.64 Å². The van der Waals surface area contributed by atoms with Gasteiger partial charge in [-0.25, -0.2) is 4.79 Å². The lowest BCUT2D eigenvalue weighted by Gasteiger charge is -2.13. The van der Waals surface area contributed by atoms with Gasteiger partial charge in [0.15, 0.2) is 0 Å². The zero-order valence-corrected chi connectivity index (χ0v) is 11.0. The maximum absolute atomic E-state index is 11.5. The van der Waals surface area contributed by atoms with Crippen LogP contribution in [0.25, 0.3) is 5.57 Å². The van der Waals surface area contributed by atoms with E-state index in [4.69, 9.17) is 4.74 Å². The zero-order valence-electron chi connectivity index (χ0n) is 10.2. The van der Waals surface area contributed by atoms with Gasteiger partial charge in [0.25, 0.3) is 0 Å². The van der Waals surface area contributed by atoms with Crippen molar-refractivity contribution in [2.24, 2.45) is 0 Å². The Morgan fingerprint density at radius 1 is 1.65 bits per heavy atom. The minimum Gasteiger partial charge on any atom is -0.463 e. The number of fused-ring (bicyclic) bond motifs is 1. The number of ether oxygens (including phenoxy) is 1. The largest absolute Gasteiger partial charge is 0.463 e. The lowest BCUT2D eigenvalue weighted by Crippen LogP contribution is -2.21. The van der Waals surface area contributed by atoms with Gasteiger partial charge in [-0.2, -0.15) is 0 Å². The van der Waals surface area contributed by atoms with Crippen LogP contribution < -0.4 is 0 Å². The standard InChI is InChI=1S/C13H17NO2S/c1-3-16-13(15)8-10-9-14(2)6-4-12-11(10)5-7-17-12/h5,7-8H,3-4,6,9H2,1-2H3/b10-8-. The average Bonchev–Trinajstić information content (AvgIpc) is 2.69. The summed E-state index contributed by atoms with van der Waals surface area (Å²) in [5.74, 6) is -0.241. The van der Waals surface area contributed by atoms with Gasteiger partial charge in [0.1, 0.15) is 0 Å². The highest BCUT2D eigenvalue weighted by molar-refractivity contribution is 7.10. The van der Waals surface area contributed by atoms with Crippen molar-refractivity contribution in [3.63, 3.8) is 0 Å². The lowest BCUT2D eigenvalue weighted by atomic mass is 10.1. The van der Waals surface area contributed by atoms with Crippen molar-refractivity contribution >= 4 is 22.9 Å². The van der Waals surface area contributed by atoms with Crippen molar-refractivity contribution in [3.8, 4) is 0 Å². The fourth-order valence-electron chi connectivity index (χ4n) is 2.02. The average molecular weight is 251 g/mol. The highest BCUT2D eigenvalue weighted by atomic mass is 32.1. The van der Waals surface area contributed by atoms with Crippen LogP contribution in [0.2, 0.25) is 0 Å². The Labute approximate surface area is 106 Å². The molecule has 17 heavy (non-hydrogen) atoms. The summed E-state index contributed by atoms with van der Waals surface area (Å²) >= 11 is 1.77. The van der Waals surface area contributed by atoms with E-state index >= 15 is 0 Å². The van der Waals surface area contributed by atoms with Crippen LogP contribution in [0, 0.1) is 0 Å². The molecule has 0 spiro atoms. The number of carbonyl (C=O) groups excluding carboxylic acids is 1. The van der Waals surface area contributed by atoms with E-state index in [2.05, 4.69) is 23.4 Å². The first-order valence-corrected chi connectivity index (χ1v) is 6.71. The topological polar surface area (TPSA) is 29.5 Å². The summed E-state index contributed by atoms with van der Waals surface area (Å²) in [5.41, 5.74) is 2.28. The maximum atomic E-state index is 11.5. The van der Waals surface area contributed by atoms with Crippen LogP contribution in [0.4, 0.5) is 0 Å². The van der Waals surface area contributed by atoms with Gasteiger partial charge in [0, 0.05) is 24.0 Å². The molecule has 4 heteroatoms. The Kier molecular flexibility index (Phi) is 3.97. The van der Waals surface area contributed by atoms with Crippen LogP contribution in [0.5, 0.6) is 0 Å². The minimum atomic E-state index is -0.241. The summed E-state index contributed by atoms with van der Waals surface area (Å²) < 4.78 is 4.98. The smallest absolute Gasteiger partial charge is 0.331 e. The molecule has 1 aliphatic heterocycles. The first-order valence-electron chi connectivity index (χ1n) is 5.83. The van der Waals surface area contributed by atoms with Crippen LogP contribution in [0.3, 0.4) is 0 Å². The molecular formula is C13H17NO2S. The molecule has 2 heterocycles. The van der Waals surface area contributed by atoms with E-state index in [1.807, 2.05) is 6.92 Å². The molecule has 0 saturated carbocycles. The molecule has 0 N–H and O–H groups in total. The van der Waals surface area contributed by atoms with Crippen LogP contribution >= 0.6 is 11.3 Å². The number of likely N-dealkylation sites (N-methyl/N-ethyl adjacent to an activating group) is 1. The van der Waals surface area contributed by atoms with Gasteiger partial charge in [-0.3, -0.25) is 0 Å². The quantitative estimate of drug-likeness (QED) is 0.596. The van der Waals surface area contributed by atoms with E-state index in [9.17, 15) is 4.79 Å². The molecule has 2 rings (SSSR count). The number of hydrogen-bond acceptors (Lipinski definition) is 4. The van der Waals surface area contributed by atoms with Gasteiger partial charge in [0.2, 0.25) is 0 Å². The number of thiophene rings is 1. The summed E-state index contributed by atoms with van der Waals surface area (Å²) in [6, 6.07) is 2.10. The second-order valence-corrected chi connectivity index (χ2v) is 5.17. The number of esters is 1. The van der Waals surface area contributed by atoms with Gasteiger partial charge in [0.05, 0.1) is 6.61 Å². The van der Waals surface area contributed by atoms with Crippen LogP contribution in [-0.2, 0) is 16.0 Å². The molecule has 0 fully saturated rings. The normalized spacial score (nSPS) is 18.8. The maximum Gasteiger partial charge on any atom is 0.331 e. The van der Waals surface area contributed by atoms with Crippen molar-refractivity contribution in [1.82, 2.24) is 4.90 Å². The van der Waals surface area contributed by atoms with Gasteiger partial charge in [-0.15, -0.1) is 11.3 Å². The summed E-state index contributed by atoms with van der Waals surface area (Å²) in [5, 5.41) is 2.09. The molecule has 1 aromatic heterocycles. The molecule has 0 aromatic carbocycles. The number of carbonyl (C=O) groups is 1. The van der Waals surface area contributed by atoms with Crippen molar-refractivity contribution in [1.29, 1.82) is 0 Å². The van der Waals surface area contributed by atoms with Crippen molar-refractivity contribution in [2.75, 3.05) is 26.7 Å². The third-order valence-electron chi connectivity index (χ3n) is 2.83. The van der Waals surface area contributed by atoms with Crippen molar-refractivity contribution in [2.45, 2.75) is 13.3 Å². The highest BCUT2D eigenvalue weighted by Gasteiger charge is 2.17. The first-order chi connectivity index (χ1) is 8.20. The first kappa shape index (κ1) is 12.3. The van der Waals surface area contributed by atoms with Gasteiger partial charge in [-0.1, -0.05) is 0 Å². The SMILES string of the molecule is CCOC(=O)/C=C1/CN(C)CCc2sccc21. The van der Waals surface area contributed by atoms with E-state index in [0.29, 0.717) is 6.61 Å².